The van der Waals surface area contributed by atoms with Gasteiger partial charge in [0, 0.05) is 6.54 Å². The highest BCUT2D eigenvalue weighted by Gasteiger charge is 2.29. The molecule has 0 bridgehead atoms. The Morgan fingerprint density at radius 1 is 1.40 bits per heavy atom. The van der Waals surface area contributed by atoms with Crippen LogP contribution >= 0.6 is 12.2 Å². The summed E-state index contributed by atoms with van der Waals surface area (Å²) >= 11 is 4.99. The standard InChI is InChI=1S/C14H17N3O2S/c15-12(20)11(9-5-2-1-3-6-9)14(19)17-10-7-4-8-16-13(10)18/h1-3,5-6,10-11H,4,7-8H2,(H2,15,20)(H,16,18)(H,17,19). The van der Waals surface area contributed by atoms with E-state index in [0.717, 1.165) is 12.0 Å². The lowest BCUT2D eigenvalue weighted by molar-refractivity contribution is -0.130. The molecule has 0 saturated carbocycles. The summed E-state index contributed by atoms with van der Waals surface area (Å²) in [5.74, 6) is -1.19. The molecule has 0 spiro atoms. The number of nitrogens with two attached hydrogens (primary N) is 1. The number of hydrogen-bond donors (Lipinski definition) is 3. The Bertz CT molecular complexity index is 518. The summed E-state index contributed by atoms with van der Waals surface area (Å²) in [4.78, 5) is 24.1. The number of benzene rings is 1. The van der Waals surface area contributed by atoms with Crippen LogP contribution in [0.2, 0.25) is 0 Å². The molecule has 1 fully saturated rings. The van der Waals surface area contributed by atoms with Crippen LogP contribution in [0.1, 0.15) is 24.3 Å². The van der Waals surface area contributed by atoms with E-state index in [0.29, 0.717) is 13.0 Å². The van der Waals surface area contributed by atoms with Crippen molar-refractivity contribution in [1.82, 2.24) is 10.6 Å². The monoisotopic (exact) mass is 291 g/mol. The SMILES string of the molecule is NC(=S)C(C(=O)NC1CCCNC1=O)c1ccccc1. The first-order chi connectivity index (χ1) is 9.59. The van der Waals surface area contributed by atoms with E-state index in [4.69, 9.17) is 18.0 Å². The fraction of sp³-hybridized carbons (Fsp3) is 0.357. The van der Waals surface area contributed by atoms with Gasteiger partial charge in [-0.25, -0.2) is 0 Å². The van der Waals surface area contributed by atoms with Gasteiger partial charge in [-0.1, -0.05) is 42.5 Å². The molecule has 2 unspecified atom stereocenters. The van der Waals surface area contributed by atoms with Gasteiger partial charge in [-0.15, -0.1) is 0 Å². The minimum Gasteiger partial charge on any atom is -0.392 e. The number of amides is 2. The first-order valence-corrected chi connectivity index (χ1v) is 6.93. The van der Waals surface area contributed by atoms with Crippen LogP contribution in [0.3, 0.4) is 0 Å². The molecule has 2 amide bonds. The van der Waals surface area contributed by atoms with Gasteiger partial charge in [-0.2, -0.15) is 0 Å². The summed E-state index contributed by atoms with van der Waals surface area (Å²) < 4.78 is 0. The molecule has 1 saturated heterocycles. The lowest BCUT2D eigenvalue weighted by Crippen LogP contribution is -2.52. The highest BCUT2D eigenvalue weighted by Crippen LogP contribution is 2.17. The molecule has 1 aromatic carbocycles. The van der Waals surface area contributed by atoms with Gasteiger partial charge in [0.1, 0.15) is 12.0 Å². The molecule has 0 aliphatic carbocycles. The first-order valence-electron chi connectivity index (χ1n) is 6.52. The summed E-state index contributed by atoms with van der Waals surface area (Å²) in [6.07, 6.45) is 1.48. The Labute approximate surface area is 122 Å². The van der Waals surface area contributed by atoms with E-state index in [1.807, 2.05) is 18.2 Å². The zero-order valence-electron chi connectivity index (χ0n) is 11.0. The highest BCUT2D eigenvalue weighted by molar-refractivity contribution is 7.80. The fourth-order valence-corrected chi connectivity index (χ4v) is 2.50. The lowest BCUT2D eigenvalue weighted by Gasteiger charge is -2.25. The maximum atomic E-state index is 12.3. The van der Waals surface area contributed by atoms with Gasteiger partial charge >= 0.3 is 0 Å². The molecule has 5 nitrogen and oxygen atoms in total. The maximum Gasteiger partial charge on any atom is 0.242 e. The third-order valence-electron chi connectivity index (χ3n) is 3.28. The number of thiocarbonyl (C=S) groups is 1. The summed E-state index contributed by atoms with van der Waals surface area (Å²) in [6, 6.07) is 8.58. The topological polar surface area (TPSA) is 84.2 Å². The Morgan fingerprint density at radius 3 is 2.70 bits per heavy atom. The van der Waals surface area contributed by atoms with E-state index in [1.165, 1.54) is 0 Å². The maximum absolute atomic E-state index is 12.3. The van der Waals surface area contributed by atoms with Crippen LogP contribution in [-0.4, -0.2) is 29.4 Å². The minimum atomic E-state index is -0.707. The van der Waals surface area contributed by atoms with Crippen LogP contribution in [0.4, 0.5) is 0 Å². The second kappa shape index (κ2) is 6.47. The fourth-order valence-electron chi connectivity index (χ4n) is 2.26. The molecule has 2 rings (SSSR count). The number of hydrogen-bond acceptors (Lipinski definition) is 3. The van der Waals surface area contributed by atoms with Crippen molar-refractivity contribution >= 4 is 29.0 Å². The molecule has 4 N–H and O–H groups in total. The summed E-state index contributed by atoms with van der Waals surface area (Å²) in [7, 11) is 0. The molecule has 1 aliphatic heterocycles. The Kier molecular flexibility index (Phi) is 4.68. The van der Waals surface area contributed by atoms with E-state index in [2.05, 4.69) is 10.6 Å². The minimum absolute atomic E-state index is 0.102. The van der Waals surface area contributed by atoms with Crippen molar-refractivity contribution < 1.29 is 9.59 Å². The van der Waals surface area contributed by atoms with Crippen LogP contribution in [-0.2, 0) is 9.59 Å². The summed E-state index contributed by atoms with van der Waals surface area (Å²) in [5.41, 5.74) is 6.41. The molecule has 2 atom stereocenters. The van der Waals surface area contributed by atoms with Crippen LogP contribution in [0.15, 0.2) is 30.3 Å². The van der Waals surface area contributed by atoms with Crippen molar-refractivity contribution in [3.05, 3.63) is 35.9 Å². The van der Waals surface area contributed by atoms with Crippen LogP contribution in [0.5, 0.6) is 0 Å². The van der Waals surface area contributed by atoms with Crippen molar-refractivity contribution in [2.24, 2.45) is 5.73 Å². The zero-order valence-corrected chi connectivity index (χ0v) is 11.8. The quantitative estimate of drug-likeness (QED) is 0.703. The smallest absolute Gasteiger partial charge is 0.242 e. The molecule has 0 radical (unpaired) electrons. The highest BCUT2D eigenvalue weighted by atomic mass is 32.1. The molecule has 1 heterocycles. The van der Waals surface area contributed by atoms with Gasteiger partial charge in [0.05, 0.1) is 4.99 Å². The normalized spacial score (nSPS) is 19.8. The Hall–Kier alpha value is -1.95. The molecule has 1 aliphatic rings. The predicted octanol–water partition coefficient (Wildman–Crippen LogP) is 0.451. The van der Waals surface area contributed by atoms with Crippen LogP contribution < -0.4 is 16.4 Å². The van der Waals surface area contributed by atoms with Crippen LogP contribution in [0.25, 0.3) is 0 Å². The van der Waals surface area contributed by atoms with E-state index >= 15 is 0 Å². The van der Waals surface area contributed by atoms with Gasteiger partial charge in [-0.05, 0) is 18.4 Å². The van der Waals surface area contributed by atoms with Crippen LogP contribution in [0, 0.1) is 0 Å². The second-order valence-corrected chi connectivity index (χ2v) is 5.21. The molecule has 20 heavy (non-hydrogen) atoms. The average Bonchev–Trinajstić information content (AvgIpc) is 2.42. The Balaban J connectivity index is 2.12. The van der Waals surface area contributed by atoms with Gasteiger partial charge in [0.15, 0.2) is 0 Å². The van der Waals surface area contributed by atoms with Gasteiger partial charge in [0.25, 0.3) is 0 Å². The van der Waals surface area contributed by atoms with Crippen molar-refractivity contribution in [1.29, 1.82) is 0 Å². The predicted molar refractivity (Wildman–Crippen MR) is 80.1 cm³/mol. The molecule has 106 valence electrons. The van der Waals surface area contributed by atoms with E-state index < -0.39 is 12.0 Å². The van der Waals surface area contributed by atoms with Crippen molar-refractivity contribution in [3.63, 3.8) is 0 Å². The largest absolute Gasteiger partial charge is 0.392 e. The third-order valence-corrected chi connectivity index (χ3v) is 3.52. The van der Waals surface area contributed by atoms with Crippen molar-refractivity contribution in [2.75, 3.05) is 6.54 Å². The second-order valence-electron chi connectivity index (χ2n) is 4.74. The lowest BCUT2D eigenvalue weighted by atomic mass is 9.97. The zero-order chi connectivity index (χ0) is 14.5. The first kappa shape index (κ1) is 14.5. The summed E-state index contributed by atoms with van der Waals surface area (Å²) in [6.45, 7) is 0.655. The Morgan fingerprint density at radius 2 is 2.10 bits per heavy atom. The number of carbonyl (C=O) groups excluding carboxylic acids is 2. The number of carbonyl (C=O) groups is 2. The van der Waals surface area contributed by atoms with Crippen molar-refractivity contribution in [2.45, 2.75) is 24.8 Å². The van der Waals surface area contributed by atoms with E-state index in [-0.39, 0.29) is 16.8 Å². The van der Waals surface area contributed by atoms with E-state index in [1.54, 1.807) is 12.1 Å². The third kappa shape index (κ3) is 3.33. The number of rotatable bonds is 4. The molecule has 1 aromatic rings. The molecule has 6 heteroatoms. The van der Waals surface area contributed by atoms with E-state index in [9.17, 15) is 9.59 Å². The van der Waals surface area contributed by atoms with Gasteiger partial charge in [0.2, 0.25) is 11.8 Å². The molecule has 0 aromatic heterocycles. The van der Waals surface area contributed by atoms with Crippen molar-refractivity contribution in [3.8, 4) is 0 Å². The average molecular weight is 291 g/mol. The van der Waals surface area contributed by atoms with Gasteiger partial charge in [-0.3, -0.25) is 9.59 Å². The van der Waals surface area contributed by atoms with Gasteiger partial charge < -0.3 is 16.4 Å². The molecular weight excluding hydrogens is 274 g/mol. The number of nitrogens with one attached hydrogen (secondary N) is 2. The number of piperidine rings is 1. The molecular formula is C14H17N3O2S. The summed E-state index contributed by atoms with van der Waals surface area (Å²) in [5, 5.41) is 5.46.